The van der Waals surface area contributed by atoms with E-state index in [4.69, 9.17) is 4.74 Å². The Balaban J connectivity index is 2.05. The second-order valence-corrected chi connectivity index (χ2v) is 5.27. The summed E-state index contributed by atoms with van der Waals surface area (Å²) in [6, 6.07) is 1.75. The number of aromatic nitrogens is 2. The third-order valence-electron chi connectivity index (χ3n) is 3.66. The van der Waals surface area contributed by atoms with Crippen LogP contribution in [0.15, 0.2) is 12.3 Å². The number of ether oxygens (including phenoxy) is 1. The normalized spacial score (nSPS) is 17.5. The van der Waals surface area contributed by atoms with Crippen LogP contribution < -0.4 is 0 Å². The maximum Gasteiger partial charge on any atom is 0.431 e. The number of aromatic amines is 1. The van der Waals surface area contributed by atoms with E-state index in [0.717, 1.165) is 5.56 Å². The molecule has 3 heterocycles. The van der Waals surface area contributed by atoms with Gasteiger partial charge >= 0.3 is 6.18 Å². The number of halogens is 3. The van der Waals surface area contributed by atoms with Crippen LogP contribution in [0.2, 0.25) is 0 Å². The largest absolute Gasteiger partial charge is 0.431 e. The van der Waals surface area contributed by atoms with E-state index in [1.54, 1.807) is 12.3 Å². The van der Waals surface area contributed by atoms with E-state index in [2.05, 4.69) is 9.97 Å². The number of hydrogen-bond donors (Lipinski definition) is 1. The maximum absolute atomic E-state index is 13.2. The molecule has 2 aromatic heterocycles. The van der Waals surface area contributed by atoms with Crippen LogP contribution in [-0.2, 0) is 17.5 Å². The Kier molecular flexibility index (Phi) is 3.62. The van der Waals surface area contributed by atoms with E-state index in [9.17, 15) is 13.2 Å². The van der Waals surface area contributed by atoms with Crippen molar-refractivity contribution in [1.29, 1.82) is 0 Å². The first-order valence-corrected chi connectivity index (χ1v) is 6.79. The highest BCUT2D eigenvalue weighted by molar-refractivity contribution is 5.82. The average molecular weight is 299 g/mol. The van der Waals surface area contributed by atoms with Gasteiger partial charge in [-0.1, -0.05) is 0 Å². The molecule has 1 N–H and O–H groups in total. The van der Waals surface area contributed by atoms with Crippen LogP contribution in [0.1, 0.15) is 16.8 Å². The van der Waals surface area contributed by atoms with Crippen LogP contribution in [0.5, 0.6) is 0 Å². The Hall–Kier alpha value is -1.60. The maximum atomic E-state index is 13.2. The van der Waals surface area contributed by atoms with Crippen LogP contribution in [0.4, 0.5) is 13.2 Å². The Morgan fingerprint density at radius 3 is 2.71 bits per heavy atom. The summed E-state index contributed by atoms with van der Waals surface area (Å²) in [7, 11) is 0. The number of nitrogens with one attached hydrogen (secondary N) is 1. The number of H-pyrrole nitrogens is 1. The lowest BCUT2D eigenvalue weighted by molar-refractivity contribution is -0.141. The number of aryl methyl sites for hydroxylation is 1. The first-order valence-electron chi connectivity index (χ1n) is 6.79. The minimum atomic E-state index is -4.41. The standard InChI is InChI=1S/C14H16F3N3O/c1-9-6-10-11(8-20-2-4-21-5-3-20)12(14(15,16)17)19-13(10)18-7-9/h6-7H,2-5,8H2,1H3,(H,18,19). The highest BCUT2D eigenvalue weighted by Gasteiger charge is 2.37. The van der Waals surface area contributed by atoms with E-state index < -0.39 is 11.9 Å². The Labute approximate surface area is 119 Å². The summed E-state index contributed by atoms with van der Waals surface area (Å²) >= 11 is 0. The first-order chi connectivity index (χ1) is 9.95. The molecule has 0 unspecified atom stereocenters. The van der Waals surface area contributed by atoms with E-state index in [0.29, 0.717) is 31.7 Å². The molecule has 0 aliphatic carbocycles. The zero-order chi connectivity index (χ0) is 15.0. The fourth-order valence-electron chi connectivity index (χ4n) is 2.62. The summed E-state index contributed by atoms with van der Waals surface area (Å²) in [6.45, 7) is 4.48. The average Bonchev–Trinajstić information content (AvgIpc) is 2.78. The highest BCUT2D eigenvalue weighted by atomic mass is 19.4. The Morgan fingerprint density at radius 2 is 2.05 bits per heavy atom. The number of rotatable bonds is 2. The van der Waals surface area contributed by atoms with Crippen molar-refractivity contribution in [3.8, 4) is 0 Å². The lowest BCUT2D eigenvalue weighted by Crippen LogP contribution is -2.36. The fraction of sp³-hybridized carbons (Fsp3) is 0.500. The number of pyridine rings is 1. The van der Waals surface area contributed by atoms with Crippen molar-refractivity contribution in [2.45, 2.75) is 19.6 Å². The molecule has 1 fully saturated rings. The van der Waals surface area contributed by atoms with Crippen LogP contribution in [-0.4, -0.2) is 41.2 Å². The third-order valence-corrected chi connectivity index (χ3v) is 3.66. The van der Waals surface area contributed by atoms with Crippen molar-refractivity contribution >= 4 is 11.0 Å². The molecule has 21 heavy (non-hydrogen) atoms. The monoisotopic (exact) mass is 299 g/mol. The van der Waals surface area contributed by atoms with Gasteiger partial charge in [-0.3, -0.25) is 4.90 Å². The van der Waals surface area contributed by atoms with Crippen LogP contribution in [0, 0.1) is 6.92 Å². The van der Waals surface area contributed by atoms with Gasteiger partial charge in [-0.15, -0.1) is 0 Å². The zero-order valence-electron chi connectivity index (χ0n) is 11.6. The molecule has 0 bridgehead atoms. The van der Waals surface area contributed by atoms with Crippen molar-refractivity contribution in [3.63, 3.8) is 0 Å². The molecule has 4 nitrogen and oxygen atoms in total. The molecule has 1 aliphatic rings. The van der Waals surface area contributed by atoms with Gasteiger partial charge in [-0.05, 0) is 18.6 Å². The van der Waals surface area contributed by atoms with Gasteiger partial charge in [-0.25, -0.2) is 4.98 Å². The number of hydrogen-bond acceptors (Lipinski definition) is 3. The SMILES string of the molecule is Cc1cnc2[nH]c(C(F)(F)F)c(CN3CCOCC3)c2c1. The minimum absolute atomic E-state index is 0.253. The molecule has 0 spiro atoms. The van der Waals surface area contributed by atoms with Crippen LogP contribution in [0.3, 0.4) is 0 Å². The molecule has 0 aromatic carbocycles. The number of alkyl halides is 3. The van der Waals surface area contributed by atoms with Crippen LogP contribution >= 0.6 is 0 Å². The van der Waals surface area contributed by atoms with E-state index in [-0.39, 0.29) is 17.8 Å². The molecule has 0 radical (unpaired) electrons. The Morgan fingerprint density at radius 1 is 1.33 bits per heavy atom. The van der Waals surface area contributed by atoms with Gasteiger partial charge in [0.05, 0.1) is 13.2 Å². The summed E-state index contributed by atoms with van der Waals surface area (Å²) < 4.78 is 45.0. The molecule has 3 rings (SSSR count). The molecule has 7 heteroatoms. The van der Waals surface area contributed by atoms with Gasteiger partial charge in [0.1, 0.15) is 11.3 Å². The lowest BCUT2D eigenvalue weighted by atomic mass is 10.1. The molecule has 0 saturated carbocycles. The van der Waals surface area contributed by atoms with Gasteiger partial charge in [0.15, 0.2) is 0 Å². The molecular weight excluding hydrogens is 283 g/mol. The summed E-state index contributed by atoms with van der Waals surface area (Å²) in [5.41, 5.74) is 0.715. The molecule has 0 amide bonds. The number of nitrogens with zero attached hydrogens (tertiary/aromatic N) is 2. The fourth-order valence-corrected chi connectivity index (χ4v) is 2.62. The minimum Gasteiger partial charge on any atom is -0.379 e. The van der Waals surface area contributed by atoms with Crippen molar-refractivity contribution in [2.75, 3.05) is 26.3 Å². The third kappa shape index (κ3) is 2.89. The van der Waals surface area contributed by atoms with Crippen molar-refractivity contribution in [3.05, 3.63) is 29.1 Å². The highest BCUT2D eigenvalue weighted by Crippen LogP contribution is 2.35. The quantitative estimate of drug-likeness (QED) is 0.927. The number of fused-ring (bicyclic) bond motifs is 1. The van der Waals surface area contributed by atoms with Crippen molar-refractivity contribution in [1.82, 2.24) is 14.9 Å². The van der Waals surface area contributed by atoms with Gasteiger partial charge in [0.2, 0.25) is 0 Å². The number of morpholine rings is 1. The molecule has 1 aliphatic heterocycles. The van der Waals surface area contributed by atoms with E-state index in [1.165, 1.54) is 0 Å². The smallest absolute Gasteiger partial charge is 0.379 e. The molecule has 0 atom stereocenters. The topological polar surface area (TPSA) is 41.2 Å². The summed E-state index contributed by atoms with van der Waals surface area (Å²) in [4.78, 5) is 8.47. The Bertz CT molecular complexity index is 645. The van der Waals surface area contributed by atoms with Gasteiger partial charge in [0.25, 0.3) is 0 Å². The van der Waals surface area contributed by atoms with Gasteiger partial charge < -0.3 is 9.72 Å². The second-order valence-electron chi connectivity index (χ2n) is 5.27. The first kappa shape index (κ1) is 14.3. The van der Waals surface area contributed by atoms with Crippen molar-refractivity contribution in [2.24, 2.45) is 0 Å². The summed E-state index contributed by atoms with van der Waals surface area (Å²) in [5.74, 6) is 0. The lowest BCUT2D eigenvalue weighted by Gasteiger charge is -2.27. The molecule has 114 valence electrons. The van der Waals surface area contributed by atoms with E-state index in [1.807, 2.05) is 11.8 Å². The predicted molar refractivity (Wildman–Crippen MR) is 71.9 cm³/mol. The summed E-state index contributed by atoms with van der Waals surface area (Å²) in [5, 5.41) is 0.550. The molecule has 2 aromatic rings. The van der Waals surface area contributed by atoms with Gasteiger partial charge in [0, 0.05) is 36.8 Å². The van der Waals surface area contributed by atoms with Gasteiger partial charge in [-0.2, -0.15) is 13.2 Å². The zero-order valence-corrected chi connectivity index (χ0v) is 11.6. The second kappa shape index (κ2) is 5.31. The predicted octanol–water partition coefficient (Wildman–Crippen LogP) is 2.72. The molecular formula is C14H16F3N3O. The van der Waals surface area contributed by atoms with E-state index >= 15 is 0 Å². The van der Waals surface area contributed by atoms with Crippen molar-refractivity contribution < 1.29 is 17.9 Å². The summed E-state index contributed by atoms with van der Waals surface area (Å²) in [6.07, 6.45) is -2.84. The molecule has 1 saturated heterocycles. The van der Waals surface area contributed by atoms with Crippen LogP contribution in [0.25, 0.3) is 11.0 Å².